The largest absolute Gasteiger partial charge is 0.335 e. The molecule has 1 saturated heterocycles. The number of rotatable bonds is 4. The van der Waals surface area contributed by atoms with Crippen molar-refractivity contribution in [3.05, 3.63) is 60.2 Å². The molecule has 1 aliphatic heterocycles. The highest BCUT2D eigenvalue weighted by Crippen LogP contribution is 2.31. The number of hydrogen-bond acceptors (Lipinski definition) is 4. The summed E-state index contributed by atoms with van der Waals surface area (Å²) in [6, 6.07) is 11.1. The van der Waals surface area contributed by atoms with Crippen LogP contribution in [0.5, 0.6) is 0 Å². The van der Waals surface area contributed by atoms with Crippen molar-refractivity contribution in [1.82, 2.24) is 0 Å². The molecule has 0 unspecified atom stereocenters. The van der Waals surface area contributed by atoms with Crippen LogP contribution in [0.2, 0.25) is 0 Å². The lowest BCUT2D eigenvalue weighted by Crippen LogP contribution is -2.31. The first kappa shape index (κ1) is 19.0. The molecule has 140 valence electrons. The number of carbonyl (C=O) groups excluding carboxylic acids is 2. The van der Waals surface area contributed by atoms with Gasteiger partial charge in [-0.2, -0.15) is 0 Å². The highest BCUT2D eigenvalue weighted by atomic mass is 32.2. The molecular formula is C19H17F2N3O2S. The van der Waals surface area contributed by atoms with Crippen LogP contribution in [0.1, 0.15) is 13.3 Å². The lowest BCUT2D eigenvalue weighted by atomic mass is 10.3. The number of amidine groups is 1. The van der Waals surface area contributed by atoms with E-state index < -0.39 is 16.9 Å². The molecule has 1 atom stereocenters. The maximum Gasteiger partial charge on any atom is 0.247 e. The van der Waals surface area contributed by atoms with Gasteiger partial charge in [-0.25, -0.2) is 13.7 Å². The van der Waals surface area contributed by atoms with Crippen molar-refractivity contribution >= 4 is 40.1 Å². The summed E-state index contributed by atoms with van der Waals surface area (Å²) >= 11 is 1.12. The molecule has 0 aromatic heterocycles. The zero-order valence-electron chi connectivity index (χ0n) is 14.5. The fourth-order valence-electron chi connectivity index (χ4n) is 2.63. The highest BCUT2D eigenvalue weighted by molar-refractivity contribution is 8.15. The Kier molecular flexibility index (Phi) is 5.85. The topological polar surface area (TPSA) is 61.8 Å². The lowest BCUT2D eigenvalue weighted by molar-refractivity contribution is -0.121. The van der Waals surface area contributed by atoms with Gasteiger partial charge in [0.25, 0.3) is 0 Å². The van der Waals surface area contributed by atoms with E-state index in [0.29, 0.717) is 23.1 Å². The van der Waals surface area contributed by atoms with E-state index in [1.165, 1.54) is 36.4 Å². The molecule has 1 N–H and O–H groups in total. The zero-order chi connectivity index (χ0) is 19.4. The Morgan fingerprint density at radius 2 is 1.93 bits per heavy atom. The average Bonchev–Trinajstić information content (AvgIpc) is 2.90. The molecule has 27 heavy (non-hydrogen) atoms. The molecule has 8 heteroatoms. The molecule has 2 aromatic rings. The molecular weight excluding hydrogens is 372 g/mol. The van der Waals surface area contributed by atoms with Gasteiger partial charge in [-0.3, -0.25) is 14.6 Å². The Morgan fingerprint density at radius 3 is 2.59 bits per heavy atom. The van der Waals surface area contributed by atoms with Crippen LogP contribution in [0.4, 0.5) is 20.2 Å². The molecule has 0 aliphatic carbocycles. The Labute approximate surface area is 159 Å². The van der Waals surface area contributed by atoms with Crippen molar-refractivity contribution in [3.63, 3.8) is 0 Å². The minimum absolute atomic E-state index is 0.00837. The van der Waals surface area contributed by atoms with Crippen LogP contribution in [-0.2, 0) is 9.59 Å². The smallest absolute Gasteiger partial charge is 0.247 e. The number of thioether (sulfide) groups is 1. The summed E-state index contributed by atoms with van der Waals surface area (Å²) in [6.07, 6.45) is 0.00837. The second-order valence-corrected chi connectivity index (χ2v) is 6.96. The van der Waals surface area contributed by atoms with Crippen LogP contribution in [0.25, 0.3) is 0 Å². The Morgan fingerprint density at radius 1 is 1.19 bits per heavy atom. The second-order valence-electron chi connectivity index (χ2n) is 5.77. The molecule has 0 saturated carbocycles. The standard InChI is InChI=1S/C19H17F2N3O2S/c1-2-22-19(23-14-5-3-4-13(21)10-14)27-16-11-17(25)24(18(16)26)15-8-6-12(20)7-9-15/h3-10,16H,2,11H2,1H3,(H,22,23)/t16-/m0/s1. The Balaban J connectivity index is 1.75. The molecule has 3 rings (SSSR count). The molecule has 5 nitrogen and oxygen atoms in total. The maximum absolute atomic E-state index is 13.4. The normalized spacial score (nSPS) is 17.5. The number of hydrogen-bond donors (Lipinski definition) is 1. The SMILES string of the molecule is CCN=C(Nc1cccc(F)c1)S[C@H]1CC(=O)N(c2ccc(F)cc2)C1=O. The summed E-state index contributed by atoms with van der Waals surface area (Å²) < 4.78 is 26.5. The molecule has 0 spiro atoms. The van der Waals surface area contributed by atoms with Crippen LogP contribution in [0, 0.1) is 11.6 Å². The summed E-state index contributed by atoms with van der Waals surface area (Å²) in [7, 11) is 0. The van der Waals surface area contributed by atoms with E-state index >= 15 is 0 Å². The van der Waals surface area contributed by atoms with E-state index in [4.69, 9.17) is 0 Å². The van der Waals surface area contributed by atoms with Gasteiger partial charge in [0.05, 0.1) is 5.69 Å². The molecule has 0 radical (unpaired) electrons. The average molecular weight is 389 g/mol. The highest BCUT2D eigenvalue weighted by Gasteiger charge is 2.40. The molecule has 1 heterocycles. The van der Waals surface area contributed by atoms with E-state index in [1.54, 1.807) is 12.1 Å². The molecule has 0 bridgehead atoms. The van der Waals surface area contributed by atoms with Gasteiger partial charge in [-0.05, 0) is 49.4 Å². The number of benzene rings is 2. The minimum atomic E-state index is -0.658. The third-order valence-electron chi connectivity index (χ3n) is 3.82. The van der Waals surface area contributed by atoms with Gasteiger partial charge in [0.2, 0.25) is 11.8 Å². The fraction of sp³-hybridized carbons (Fsp3) is 0.211. The third kappa shape index (κ3) is 4.51. The molecule has 2 amide bonds. The van der Waals surface area contributed by atoms with Crippen LogP contribution < -0.4 is 10.2 Å². The van der Waals surface area contributed by atoms with E-state index in [0.717, 1.165) is 16.7 Å². The van der Waals surface area contributed by atoms with Crippen molar-refractivity contribution in [2.45, 2.75) is 18.6 Å². The summed E-state index contributed by atoms with van der Waals surface area (Å²) in [5.41, 5.74) is 0.837. The number of halogens is 2. The van der Waals surface area contributed by atoms with Crippen molar-refractivity contribution in [3.8, 4) is 0 Å². The van der Waals surface area contributed by atoms with Crippen molar-refractivity contribution in [1.29, 1.82) is 0 Å². The predicted octanol–water partition coefficient (Wildman–Crippen LogP) is 3.82. The van der Waals surface area contributed by atoms with E-state index in [-0.39, 0.29) is 18.2 Å². The summed E-state index contributed by atoms with van der Waals surface area (Å²) in [5.74, 6) is -1.58. The number of nitrogens with zero attached hydrogens (tertiary/aromatic N) is 2. The molecule has 1 fully saturated rings. The summed E-state index contributed by atoms with van der Waals surface area (Å²) in [4.78, 5) is 30.4. The van der Waals surface area contributed by atoms with Gasteiger partial charge in [0.1, 0.15) is 16.9 Å². The third-order valence-corrected chi connectivity index (χ3v) is 4.93. The first-order chi connectivity index (χ1) is 13.0. The Bertz CT molecular complexity index is 887. The van der Waals surface area contributed by atoms with Gasteiger partial charge in [0, 0.05) is 18.7 Å². The monoisotopic (exact) mass is 389 g/mol. The van der Waals surface area contributed by atoms with Crippen LogP contribution in [-0.4, -0.2) is 28.8 Å². The number of nitrogens with one attached hydrogen (secondary N) is 1. The van der Waals surface area contributed by atoms with Crippen molar-refractivity contribution in [2.24, 2.45) is 4.99 Å². The zero-order valence-corrected chi connectivity index (χ0v) is 15.3. The number of imide groups is 1. The lowest BCUT2D eigenvalue weighted by Gasteiger charge is -2.16. The van der Waals surface area contributed by atoms with Crippen LogP contribution in [0.15, 0.2) is 53.5 Å². The number of aliphatic imine (C=N–C) groups is 1. The molecule has 2 aromatic carbocycles. The summed E-state index contributed by atoms with van der Waals surface area (Å²) in [5, 5.41) is 2.75. The number of carbonyl (C=O) groups is 2. The maximum atomic E-state index is 13.4. The van der Waals surface area contributed by atoms with Crippen LogP contribution in [0.3, 0.4) is 0 Å². The van der Waals surface area contributed by atoms with E-state index in [1.807, 2.05) is 6.92 Å². The second kappa shape index (κ2) is 8.30. The predicted molar refractivity (Wildman–Crippen MR) is 103 cm³/mol. The van der Waals surface area contributed by atoms with Crippen molar-refractivity contribution < 1.29 is 18.4 Å². The Hall–Kier alpha value is -2.74. The van der Waals surface area contributed by atoms with E-state index in [2.05, 4.69) is 10.3 Å². The van der Waals surface area contributed by atoms with Gasteiger partial charge >= 0.3 is 0 Å². The van der Waals surface area contributed by atoms with Gasteiger partial charge < -0.3 is 5.32 Å². The number of amides is 2. The fourth-order valence-corrected chi connectivity index (χ4v) is 3.71. The van der Waals surface area contributed by atoms with Crippen LogP contribution >= 0.6 is 11.8 Å². The van der Waals surface area contributed by atoms with E-state index in [9.17, 15) is 18.4 Å². The first-order valence-corrected chi connectivity index (χ1v) is 9.22. The van der Waals surface area contributed by atoms with Gasteiger partial charge in [0.15, 0.2) is 5.17 Å². The van der Waals surface area contributed by atoms with Gasteiger partial charge in [-0.15, -0.1) is 0 Å². The first-order valence-electron chi connectivity index (χ1n) is 8.34. The minimum Gasteiger partial charge on any atom is -0.335 e. The quantitative estimate of drug-likeness (QED) is 0.491. The van der Waals surface area contributed by atoms with Crippen molar-refractivity contribution in [2.75, 3.05) is 16.8 Å². The summed E-state index contributed by atoms with van der Waals surface area (Å²) in [6.45, 7) is 2.29. The van der Waals surface area contributed by atoms with Gasteiger partial charge in [-0.1, -0.05) is 17.8 Å². The number of anilines is 2. The molecule has 1 aliphatic rings.